The molecule has 1 fully saturated rings. The molecule has 0 aromatic rings. The molecule has 1 aliphatic heterocycles. The number of hydrogen-bond donors (Lipinski definition) is 1. The number of hydrogen-bond acceptors (Lipinski definition) is 2. The molecule has 0 spiro atoms. The first kappa shape index (κ1) is 18.0. The lowest BCUT2D eigenvalue weighted by Gasteiger charge is -2.50. The van der Waals surface area contributed by atoms with Gasteiger partial charge in [0.1, 0.15) is 11.6 Å². The zero-order valence-corrected chi connectivity index (χ0v) is 14.5. The molecule has 0 bridgehead atoms. The molecule has 1 heterocycles. The fourth-order valence-electron chi connectivity index (χ4n) is 3.42. The summed E-state index contributed by atoms with van der Waals surface area (Å²) in [6.45, 7) is 12.3. The van der Waals surface area contributed by atoms with Crippen LogP contribution in [-0.4, -0.2) is 34.3 Å². The van der Waals surface area contributed by atoms with Gasteiger partial charge in [0.15, 0.2) is 0 Å². The topological polar surface area (TPSA) is 49.4 Å². The van der Waals surface area contributed by atoms with E-state index >= 15 is 0 Å². The highest BCUT2D eigenvalue weighted by atomic mass is 16.2. The van der Waals surface area contributed by atoms with E-state index < -0.39 is 5.54 Å². The average Bonchev–Trinajstić information content (AvgIpc) is 2.50. The number of piperazine rings is 1. The van der Waals surface area contributed by atoms with E-state index in [4.69, 9.17) is 0 Å². The lowest BCUT2D eigenvalue weighted by atomic mass is 9.82. The van der Waals surface area contributed by atoms with E-state index in [1.54, 1.807) is 0 Å². The third-order valence-electron chi connectivity index (χ3n) is 5.30. The van der Waals surface area contributed by atoms with Gasteiger partial charge in [-0.2, -0.15) is 0 Å². The first-order valence-electron chi connectivity index (χ1n) is 8.56. The number of carbonyl (C=O) groups excluding carboxylic acids is 2. The van der Waals surface area contributed by atoms with Crippen LogP contribution in [0.15, 0.2) is 0 Å². The van der Waals surface area contributed by atoms with Crippen molar-refractivity contribution < 1.29 is 9.59 Å². The molecule has 122 valence electrons. The molecule has 2 atom stereocenters. The van der Waals surface area contributed by atoms with Gasteiger partial charge in [-0.05, 0) is 31.6 Å². The van der Waals surface area contributed by atoms with Crippen LogP contribution in [0.3, 0.4) is 0 Å². The minimum absolute atomic E-state index is 0.0274. The maximum atomic E-state index is 13.2. The van der Waals surface area contributed by atoms with Gasteiger partial charge in [-0.3, -0.25) is 9.59 Å². The van der Waals surface area contributed by atoms with Gasteiger partial charge in [0, 0.05) is 6.04 Å². The first-order valence-corrected chi connectivity index (χ1v) is 8.56. The van der Waals surface area contributed by atoms with Crippen LogP contribution < -0.4 is 5.32 Å². The predicted molar refractivity (Wildman–Crippen MR) is 85.9 cm³/mol. The SMILES string of the molecule is CCC(C)C1C(=O)NC(CC)(CC)C(=O)N1C(CC)CC. The molecule has 2 unspecified atom stereocenters. The first-order chi connectivity index (χ1) is 9.92. The molecule has 0 radical (unpaired) electrons. The van der Waals surface area contributed by atoms with Gasteiger partial charge in [0.25, 0.3) is 0 Å². The van der Waals surface area contributed by atoms with Crippen molar-refractivity contribution in [3.63, 3.8) is 0 Å². The Bertz CT molecular complexity index is 373. The second kappa shape index (κ2) is 7.28. The van der Waals surface area contributed by atoms with Crippen LogP contribution in [-0.2, 0) is 9.59 Å². The molecule has 1 N–H and O–H groups in total. The highest BCUT2D eigenvalue weighted by molar-refractivity contribution is 6.00. The summed E-state index contributed by atoms with van der Waals surface area (Å²) in [6, 6.07) is -0.168. The van der Waals surface area contributed by atoms with E-state index in [2.05, 4.69) is 33.0 Å². The van der Waals surface area contributed by atoms with Crippen LogP contribution >= 0.6 is 0 Å². The summed E-state index contributed by atoms with van der Waals surface area (Å²) in [6.07, 6.45) is 3.99. The number of rotatable bonds is 7. The third-order valence-corrected chi connectivity index (χ3v) is 5.30. The molecule has 4 heteroatoms. The molecule has 0 saturated carbocycles. The van der Waals surface area contributed by atoms with Gasteiger partial charge in [-0.25, -0.2) is 0 Å². The van der Waals surface area contributed by atoms with Crippen LogP contribution in [0.1, 0.15) is 73.6 Å². The van der Waals surface area contributed by atoms with Crippen molar-refractivity contribution in [2.45, 2.75) is 91.3 Å². The van der Waals surface area contributed by atoms with Gasteiger partial charge in [0.2, 0.25) is 11.8 Å². The summed E-state index contributed by atoms with van der Waals surface area (Å²) < 4.78 is 0. The van der Waals surface area contributed by atoms with Crippen molar-refractivity contribution in [2.24, 2.45) is 5.92 Å². The minimum atomic E-state index is -0.705. The summed E-state index contributed by atoms with van der Waals surface area (Å²) in [5.41, 5.74) is -0.705. The lowest BCUT2D eigenvalue weighted by Crippen LogP contribution is -2.72. The van der Waals surface area contributed by atoms with Crippen LogP contribution in [0.25, 0.3) is 0 Å². The van der Waals surface area contributed by atoms with Crippen LogP contribution in [0.5, 0.6) is 0 Å². The van der Waals surface area contributed by atoms with Crippen LogP contribution in [0.4, 0.5) is 0 Å². The molecule has 21 heavy (non-hydrogen) atoms. The van der Waals surface area contributed by atoms with Crippen molar-refractivity contribution in [1.82, 2.24) is 10.2 Å². The van der Waals surface area contributed by atoms with Crippen molar-refractivity contribution in [1.29, 1.82) is 0 Å². The Labute approximate surface area is 129 Å². The molecule has 1 rings (SSSR count). The molecule has 2 amide bonds. The largest absolute Gasteiger partial charge is 0.340 e. The summed E-state index contributed by atoms with van der Waals surface area (Å²) in [5.74, 6) is 0.326. The highest BCUT2D eigenvalue weighted by Crippen LogP contribution is 2.31. The summed E-state index contributed by atoms with van der Waals surface area (Å²) in [5, 5.41) is 3.05. The van der Waals surface area contributed by atoms with E-state index in [0.717, 1.165) is 19.3 Å². The van der Waals surface area contributed by atoms with E-state index in [0.29, 0.717) is 12.8 Å². The van der Waals surface area contributed by atoms with E-state index in [9.17, 15) is 9.59 Å². The fraction of sp³-hybridized carbons (Fsp3) is 0.882. The standard InChI is InChI=1S/C17H32N2O2/c1-7-12(6)14-15(20)18-17(10-4,11-5)16(21)19(14)13(8-2)9-3/h12-14H,7-11H2,1-6H3,(H,18,20). The summed E-state index contributed by atoms with van der Waals surface area (Å²) in [7, 11) is 0. The van der Waals surface area contributed by atoms with Gasteiger partial charge in [-0.1, -0.05) is 48.0 Å². The van der Waals surface area contributed by atoms with Crippen LogP contribution in [0, 0.1) is 5.92 Å². The minimum Gasteiger partial charge on any atom is -0.340 e. The van der Waals surface area contributed by atoms with E-state index in [-0.39, 0.29) is 29.8 Å². The highest BCUT2D eigenvalue weighted by Gasteiger charge is 2.51. The zero-order chi connectivity index (χ0) is 16.2. The fourth-order valence-corrected chi connectivity index (χ4v) is 3.42. The molecule has 4 nitrogen and oxygen atoms in total. The lowest BCUT2D eigenvalue weighted by molar-refractivity contribution is -0.161. The molecule has 0 aromatic carbocycles. The third kappa shape index (κ3) is 3.09. The average molecular weight is 296 g/mol. The van der Waals surface area contributed by atoms with Gasteiger partial charge in [0.05, 0.1) is 0 Å². The quantitative estimate of drug-likeness (QED) is 0.785. The number of amides is 2. The van der Waals surface area contributed by atoms with Gasteiger partial charge in [-0.15, -0.1) is 0 Å². The Morgan fingerprint density at radius 3 is 1.95 bits per heavy atom. The normalized spacial score (nSPS) is 23.4. The second-order valence-corrected chi connectivity index (χ2v) is 6.29. The molecule has 1 aliphatic rings. The number of nitrogens with one attached hydrogen (secondary N) is 1. The van der Waals surface area contributed by atoms with E-state index in [1.165, 1.54) is 0 Å². The summed E-state index contributed by atoms with van der Waals surface area (Å²) in [4.78, 5) is 27.8. The summed E-state index contributed by atoms with van der Waals surface area (Å²) >= 11 is 0. The maximum absolute atomic E-state index is 13.2. The van der Waals surface area contributed by atoms with Crippen molar-refractivity contribution in [3.05, 3.63) is 0 Å². The van der Waals surface area contributed by atoms with Crippen molar-refractivity contribution in [3.8, 4) is 0 Å². The molecule has 1 saturated heterocycles. The Morgan fingerprint density at radius 2 is 1.57 bits per heavy atom. The van der Waals surface area contributed by atoms with Crippen LogP contribution in [0.2, 0.25) is 0 Å². The Morgan fingerprint density at radius 1 is 1.05 bits per heavy atom. The van der Waals surface area contributed by atoms with Crippen molar-refractivity contribution >= 4 is 11.8 Å². The molecule has 0 aromatic heterocycles. The smallest absolute Gasteiger partial charge is 0.249 e. The Balaban J connectivity index is 3.29. The number of carbonyl (C=O) groups is 2. The van der Waals surface area contributed by atoms with Crippen molar-refractivity contribution in [2.75, 3.05) is 0 Å². The molecular formula is C17H32N2O2. The van der Waals surface area contributed by atoms with Gasteiger partial charge < -0.3 is 10.2 Å². The maximum Gasteiger partial charge on any atom is 0.249 e. The molecule has 0 aliphatic carbocycles. The Kier molecular flexibility index (Phi) is 6.24. The predicted octanol–water partition coefficient (Wildman–Crippen LogP) is 3.11. The monoisotopic (exact) mass is 296 g/mol. The second-order valence-electron chi connectivity index (χ2n) is 6.29. The van der Waals surface area contributed by atoms with E-state index in [1.807, 2.05) is 18.7 Å². The van der Waals surface area contributed by atoms with Gasteiger partial charge >= 0.3 is 0 Å². The Hall–Kier alpha value is -1.06. The zero-order valence-electron chi connectivity index (χ0n) is 14.5. The molecular weight excluding hydrogens is 264 g/mol. The number of nitrogens with zero attached hydrogens (tertiary/aromatic N) is 1.